The predicted molar refractivity (Wildman–Crippen MR) is 109 cm³/mol. The van der Waals surface area contributed by atoms with Crippen LogP contribution in [0.25, 0.3) is 0 Å². The largest absolute Gasteiger partial charge is 0.368 e. The van der Waals surface area contributed by atoms with Gasteiger partial charge in [-0.1, -0.05) is 39.0 Å². The number of ketones is 1. The van der Waals surface area contributed by atoms with Crippen molar-refractivity contribution < 1.29 is 4.79 Å². The number of anilines is 1. The van der Waals surface area contributed by atoms with Gasteiger partial charge in [0.25, 0.3) is 0 Å². The molecule has 0 spiro atoms. The van der Waals surface area contributed by atoms with E-state index in [4.69, 9.17) is 0 Å². The van der Waals surface area contributed by atoms with Crippen molar-refractivity contribution in [1.29, 1.82) is 0 Å². The van der Waals surface area contributed by atoms with Crippen molar-refractivity contribution in [2.45, 2.75) is 78.2 Å². The summed E-state index contributed by atoms with van der Waals surface area (Å²) in [5, 5.41) is 0. The van der Waals surface area contributed by atoms with Crippen molar-refractivity contribution in [2.24, 2.45) is 23.2 Å². The van der Waals surface area contributed by atoms with Crippen molar-refractivity contribution in [3.63, 3.8) is 0 Å². The van der Waals surface area contributed by atoms with Crippen LogP contribution in [0, 0.1) is 23.2 Å². The van der Waals surface area contributed by atoms with Crippen LogP contribution in [0.1, 0.15) is 71.3 Å². The van der Waals surface area contributed by atoms with Gasteiger partial charge in [-0.2, -0.15) is 0 Å². The highest BCUT2D eigenvalue weighted by molar-refractivity contribution is 5.79. The van der Waals surface area contributed by atoms with E-state index in [0.717, 1.165) is 30.7 Å². The third kappa shape index (κ3) is 3.85. The van der Waals surface area contributed by atoms with Crippen LogP contribution in [-0.4, -0.2) is 18.4 Å². The number of nitrogens with zero attached hydrogens (tertiary/aromatic N) is 1. The molecule has 1 aliphatic heterocycles. The zero-order valence-corrected chi connectivity index (χ0v) is 16.8. The van der Waals surface area contributed by atoms with Crippen LogP contribution in [0.4, 0.5) is 5.69 Å². The fraction of sp³-hybridized carbons (Fsp3) is 0.708. The second-order valence-electron chi connectivity index (χ2n) is 10.4. The lowest BCUT2D eigenvalue weighted by atomic mass is 9.86. The quantitative estimate of drug-likeness (QED) is 0.698. The van der Waals surface area contributed by atoms with Crippen LogP contribution < -0.4 is 4.90 Å². The summed E-state index contributed by atoms with van der Waals surface area (Å²) < 4.78 is 0. The summed E-state index contributed by atoms with van der Waals surface area (Å²) in [6.07, 6.45) is 9.41. The minimum absolute atomic E-state index is 0.137. The fourth-order valence-corrected chi connectivity index (χ4v) is 6.06. The van der Waals surface area contributed by atoms with E-state index in [1.807, 2.05) is 0 Å². The zero-order valence-electron chi connectivity index (χ0n) is 16.8. The molecule has 1 aromatic rings. The second kappa shape index (κ2) is 7.02. The average molecular weight is 354 g/mol. The zero-order chi connectivity index (χ0) is 18.3. The Morgan fingerprint density at radius 3 is 2.46 bits per heavy atom. The van der Waals surface area contributed by atoms with Crippen LogP contribution in [0.5, 0.6) is 0 Å². The number of aryl methyl sites for hydroxylation is 1. The number of hydrogen-bond donors (Lipinski definition) is 0. The normalized spacial score (nSPS) is 31.0. The summed E-state index contributed by atoms with van der Waals surface area (Å²) >= 11 is 0. The first-order valence-electron chi connectivity index (χ1n) is 10.8. The third-order valence-electron chi connectivity index (χ3n) is 6.92. The summed E-state index contributed by atoms with van der Waals surface area (Å²) in [7, 11) is 0. The predicted octanol–water partition coefficient (Wildman–Crippen LogP) is 5.64. The summed E-state index contributed by atoms with van der Waals surface area (Å²) in [4.78, 5) is 15.1. The van der Waals surface area contributed by atoms with E-state index in [-0.39, 0.29) is 5.41 Å². The molecule has 0 N–H and O–H groups in total. The molecular formula is C24H35NO. The van der Waals surface area contributed by atoms with Gasteiger partial charge in [0.05, 0.1) is 0 Å². The maximum absolute atomic E-state index is 12.4. The lowest BCUT2D eigenvalue weighted by molar-refractivity contribution is -0.121. The molecule has 1 heterocycles. The van der Waals surface area contributed by atoms with Gasteiger partial charge in [-0.25, -0.2) is 0 Å². The average Bonchev–Trinajstić information content (AvgIpc) is 3.10. The van der Waals surface area contributed by atoms with Gasteiger partial charge in [-0.3, -0.25) is 4.79 Å². The summed E-state index contributed by atoms with van der Waals surface area (Å²) in [6, 6.07) is 9.76. The first-order chi connectivity index (χ1) is 12.4. The number of Topliss-reactive ketones (excluding diaryl/α,β-unsaturated/α-hetero) is 1. The van der Waals surface area contributed by atoms with Crippen molar-refractivity contribution in [3.8, 4) is 0 Å². The molecule has 1 aromatic carbocycles. The molecule has 0 bridgehead atoms. The Morgan fingerprint density at radius 1 is 1.08 bits per heavy atom. The van der Waals surface area contributed by atoms with Crippen LogP contribution in [-0.2, 0) is 11.2 Å². The Morgan fingerprint density at radius 2 is 1.77 bits per heavy atom. The van der Waals surface area contributed by atoms with Crippen LogP contribution >= 0.6 is 0 Å². The Kier molecular flexibility index (Phi) is 4.88. The van der Waals surface area contributed by atoms with Gasteiger partial charge < -0.3 is 4.90 Å². The maximum atomic E-state index is 12.4. The number of carbonyl (C=O) groups is 1. The molecule has 4 atom stereocenters. The van der Waals surface area contributed by atoms with Crippen molar-refractivity contribution in [2.75, 3.05) is 11.4 Å². The van der Waals surface area contributed by atoms with Gasteiger partial charge >= 0.3 is 0 Å². The second-order valence-corrected chi connectivity index (χ2v) is 10.4. The van der Waals surface area contributed by atoms with E-state index < -0.39 is 0 Å². The smallest absolute Gasteiger partial charge is 0.133 e. The topological polar surface area (TPSA) is 20.3 Å². The van der Waals surface area contributed by atoms with Crippen molar-refractivity contribution in [3.05, 3.63) is 29.8 Å². The highest BCUT2D eigenvalue weighted by Crippen LogP contribution is 2.50. The number of benzene rings is 1. The van der Waals surface area contributed by atoms with E-state index >= 15 is 0 Å². The van der Waals surface area contributed by atoms with Crippen molar-refractivity contribution >= 4 is 11.5 Å². The molecule has 26 heavy (non-hydrogen) atoms. The van der Waals surface area contributed by atoms with Gasteiger partial charge in [0.1, 0.15) is 5.78 Å². The molecule has 3 aliphatic rings. The van der Waals surface area contributed by atoms with E-state index in [1.165, 1.54) is 50.8 Å². The highest BCUT2D eigenvalue weighted by Gasteiger charge is 2.44. The molecule has 2 saturated carbocycles. The number of carbonyl (C=O) groups excluding carboxylic acids is 1. The molecule has 2 unspecified atom stereocenters. The first-order valence-corrected chi connectivity index (χ1v) is 10.8. The molecule has 2 fully saturated rings. The van der Waals surface area contributed by atoms with Crippen LogP contribution in [0.15, 0.2) is 24.3 Å². The molecule has 2 nitrogen and oxygen atoms in total. The Hall–Kier alpha value is -1.31. The summed E-state index contributed by atoms with van der Waals surface area (Å²) in [6.45, 7) is 7.76. The van der Waals surface area contributed by atoms with E-state index in [9.17, 15) is 4.79 Å². The molecule has 2 heteroatoms. The lowest BCUT2D eigenvalue weighted by Crippen LogP contribution is -2.38. The minimum atomic E-state index is 0.137. The molecule has 0 aromatic heterocycles. The molecular weight excluding hydrogens is 318 g/mol. The van der Waals surface area contributed by atoms with Crippen molar-refractivity contribution in [1.82, 2.24) is 0 Å². The van der Waals surface area contributed by atoms with E-state index in [2.05, 4.69) is 49.9 Å². The molecule has 0 radical (unpaired) electrons. The summed E-state index contributed by atoms with van der Waals surface area (Å²) in [5.41, 5.74) is 3.18. The maximum Gasteiger partial charge on any atom is 0.133 e. The standard InChI is InChI=1S/C24H35NO/c1-24(2,3)16-22(26)13-17-11-19-14-21(15-20(19)12-17)25-10-6-8-18-7-4-5-9-23(18)25/h4-5,7,9,17,19-21H,6,8,10-16H2,1-3H3/t17?,19-,20+,21?. The van der Waals surface area contributed by atoms with Crippen LogP contribution in [0.2, 0.25) is 0 Å². The Bertz CT molecular complexity index is 644. The number of fused-ring (bicyclic) bond motifs is 2. The highest BCUT2D eigenvalue weighted by atomic mass is 16.1. The van der Waals surface area contributed by atoms with Gasteiger partial charge in [-0.05, 0) is 73.3 Å². The Labute approximate surface area is 159 Å². The number of rotatable bonds is 4. The lowest BCUT2D eigenvalue weighted by Gasteiger charge is -2.37. The van der Waals surface area contributed by atoms with Gasteiger partial charge in [0.15, 0.2) is 0 Å². The molecule has 2 aliphatic carbocycles. The monoisotopic (exact) mass is 353 g/mol. The molecule has 142 valence electrons. The van der Waals surface area contributed by atoms with Gasteiger partial charge in [-0.15, -0.1) is 0 Å². The molecule has 0 amide bonds. The minimum Gasteiger partial charge on any atom is -0.368 e. The van der Waals surface area contributed by atoms with E-state index in [1.54, 1.807) is 5.56 Å². The third-order valence-corrected chi connectivity index (χ3v) is 6.92. The first kappa shape index (κ1) is 18.1. The molecule has 4 rings (SSSR count). The Balaban J connectivity index is 1.34. The van der Waals surface area contributed by atoms with E-state index in [0.29, 0.717) is 11.7 Å². The SMILES string of the molecule is CC(C)(C)CC(=O)CC1C[C@@H]2CC(N3CCCc4ccccc43)C[C@@H]2C1. The number of hydrogen-bond acceptors (Lipinski definition) is 2. The van der Waals surface area contributed by atoms with Crippen LogP contribution in [0.3, 0.4) is 0 Å². The number of para-hydroxylation sites is 1. The fourth-order valence-electron chi connectivity index (χ4n) is 6.06. The van der Waals surface area contributed by atoms with Gasteiger partial charge in [0, 0.05) is 31.1 Å². The summed E-state index contributed by atoms with van der Waals surface area (Å²) in [5.74, 6) is 2.88. The van der Waals surface area contributed by atoms with Gasteiger partial charge in [0.2, 0.25) is 0 Å². The molecule has 0 saturated heterocycles.